The smallest absolute Gasteiger partial charge is 0.389 e. The number of hydrogen-bond donors (Lipinski definition) is 4. The molecule has 0 amide bonds. The molecule has 31 heavy (non-hydrogen) atoms. The molecular weight excluding hydrogens is 417 g/mol. The van der Waals surface area contributed by atoms with Crippen molar-refractivity contribution < 1.29 is 43.1 Å². The summed E-state index contributed by atoms with van der Waals surface area (Å²) in [7, 11) is 0. The van der Waals surface area contributed by atoms with Crippen molar-refractivity contribution in [1.29, 1.82) is 0 Å². The Kier molecular flexibility index (Phi) is 14.4. The molecule has 0 rings (SSSR count). The molecule has 0 aromatic heterocycles. The number of ether oxygens (including phenoxy) is 2. The first-order valence-corrected chi connectivity index (χ1v) is 11.1. The van der Waals surface area contributed by atoms with E-state index in [2.05, 4.69) is 0 Å². The molecule has 2 unspecified atom stereocenters. The lowest BCUT2D eigenvalue weighted by molar-refractivity contribution is -0.178. The van der Waals surface area contributed by atoms with Crippen molar-refractivity contribution >= 4 is 0 Å². The molecule has 0 radical (unpaired) electrons. The van der Waals surface area contributed by atoms with Crippen LogP contribution in [0.3, 0.4) is 0 Å². The molecule has 0 saturated heterocycles. The van der Waals surface area contributed by atoms with E-state index < -0.39 is 35.4 Å². The highest BCUT2D eigenvalue weighted by Crippen LogP contribution is 2.37. The summed E-state index contributed by atoms with van der Waals surface area (Å²) in [5.74, 6) is 0. The fourth-order valence-corrected chi connectivity index (χ4v) is 3.82. The maximum atomic E-state index is 13.2. The molecule has 0 bridgehead atoms. The molecule has 4 N–H and O–H groups in total. The zero-order valence-electron chi connectivity index (χ0n) is 19.3. The van der Waals surface area contributed by atoms with Gasteiger partial charge < -0.3 is 29.9 Å². The van der Waals surface area contributed by atoms with Crippen LogP contribution in [0.25, 0.3) is 0 Å². The van der Waals surface area contributed by atoms with E-state index in [-0.39, 0.29) is 52.7 Å². The highest BCUT2D eigenvalue weighted by atomic mass is 19.4. The molecule has 0 aromatic rings. The zero-order valence-corrected chi connectivity index (χ0v) is 19.3. The first-order chi connectivity index (χ1) is 14.5. The van der Waals surface area contributed by atoms with Gasteiger partial charge in [-0.1, -0.05) is 33.6 Å². The average molecular weight is 461 g/mol. The van der Waals surface area contributed by atoms with E-state index in [1.165, 1.54) is 0 Å². The number of hydrogen-bond acceptors (Lipinski definition) is 6. The molecule has 0 heterocycles. The van der Waals surface area contributed by atoms with Gasteiger partial charge in [0.1, 0.15) is 0 Å². The standard InChI is InChI=1S/C22H43F3O6/c1-4-6-19(3,13-26)17-30-11-9-21(16-29,12-22(23,24)25)18-31-10-8-20(14-27,15-28)7-5-2/h26-29H,4-18H2,1-3H3. The van der Waals surface area contributed by atoms with Gasteiger partial charge in [0, 0.05) is 29.5 Å². The van der Waals surface area contributed by atoms with Crippen molar-refractivity contribution in [3.05, 3.63) is 0 Å². The lowest BCUT2D eigenvalue weighted by atomic mass is 9.81. The summed E-state index contributed by atoms with van der Waals surface area (Å²) in [5.41, 5.74) is -2.71. The Hall–Kier alpha value is -0.450. The molecule has 9 heteroatoms. The third-order valence-corrected chi connectivity index (χ3v) is 6.01. The SMILES string of the molecule is CCCC(C)(CO)COCCC(CO)(COCCC(CO)(CO)CCC)CC(F)(F)F. The van der Waals surface area contributed by atoms with E-state index in [0.29, 0.717) is 12.8 Å². The molecule has 0 fully saturated rings. The average Bonchev–Trinajstić information content (AvgIpc) is 2.72. The number of aliphatic hydroxyl groups is 4. The highest BCUT2D eigenvalue weighted by molar-refractivity contribution is 4.83. The summed E-state index contributed by atoms with van der Waals surface area (Å²) < 4.78 is 50.7. The minimum atomic E-state index is -4.48. The molecule has 6 nitrogen and oxygen atoms in total. The Bertz CT molecular complexity index is 459. The number of rotatable bonds is 19. The van der Waals surface area contributed by atoms with Crippen molar-refractivity contribution in [2.24, 2.45) is 16.2 Å². The molecule has 2 atom stereocenters. The van der Waals surface area contributed by atoms with Gasteiger partial charge in [0.25, 0.3) is 0 Å². The predicted molar refractivity (Wildman–Crippen MR) is 113 cm³/mol. The Balaban J connectivity index is 4.93. The highest BCUT2D eigenvalue weighted by Gasteiger charge is 2.42. The molecule has 0 aliphatic carbocycles. The minimum absolute atomic E-state index is 0.00631. The summed E-state index contributed by atoms with van der Waals surface area (Å²) in [6, 6.07) is 0. The number of alkyl halides is 3. The van der Waals surface area contributed by atoms with Crippen molar-refractivity contribution in [2.45, 2.75) is 71.9 Å². The van der Waals surface area contributed by atoms with Crippen LogP contribution in [0, 0.1) is 16.2 Å². The summed E-state index contributed by atoms with van der Waals surface area (Å²) in [6.07, 6.45) is -2.51. The van der Waals surface area contributed by atoms with Crippen LogP contribution >= 0.6 is 0 Å². The Labute approximate surface area is 184 Å². The zero-order chi connectivity index (χ0) is 24.0. The molecule has 0 saturated carbocycles. The largest absolute Gasteiger partial charge is 0.396 e. The van der Waals surface area contributed by atoms with Gasteiger partial charge in [0.2, 0.25) is 0 Å². The van der Waals surface area contributed by atoms with Crippen LogP contribution in [0.5, 0.6) is 0 Å². The lowest BCUT2D eigenvalue weighted by Gasteiger charge is -2.34. The maximum absolute atomic E-state index is 13.2. The van der Waals surface area contributed by atoms with Crippen molar-refractivity contribution in [2.75, 3.05) is 52.9 Å². The molecule has 0 spiro atoms. The lowest BCUT2D eigenvalue weighted by Crippen LogP contribution is -2.39. The van der Waals surface area contributed by atoms with Crippen LogP contribution in [0.2, 0.25) is 0 Å². The Morgan fingerprint density at radius 1 is 0.645 bits per heavy atom. The van der Waals surface area contributed by atoms with Crippen LogP contribution in [-0.4, -0.2) is 79.5 Å². The quantitative estimate of drug-likeness (QED) is 0.221. The fraction of sp³-hybridized carbons (Fsp3) is 1.00. The van der Waals surface area contributed by atoms with Gasteiger partial charge in [0.15, 0.2) is 0 Å². The van der Waals surface area contributed by atoms with Gasteiger partial charge in [-0.15, -0.1) is 0 Å². The number of halogens is 3. The Morgan fingerprint density at radius 3 is 1.55 bits per heavy atom. The van der Waals surface area contributed by atoms with Crippen LogP contribution < -0.4 is 0 Å². The second-order valence-corrected chi connectivity index (χ2v) is 9.34. The van der Waals surface area contributed by atoms with Crippen molar-refractivity contribution in [3.63, 3.8) is 0 Å². The maximum Gasteiger partial charge on any atom is 0.389 e. The van der Waals surface area contributed by atoms with Crippen molar-refractivity contribution in [3.8, 4) is 0 Å². The van der Waals surface area contributed by atoms with Gasteiger partial charge in [-0.05, 0) is 25.7 Å². The normalized spacial score (nSPS) is 16.8. The number of aliphatic hydroxyl groups excluding tert-OH is 4. The summed E-state index contributed by atoms with van der Waals surface area (Å²) in [4.78, 5) is 0. The van der Waals surface area contributed by atoms with Gasteiger partial charge >= 0.3 is 6.18 Å². The van der Waals surface area contributed by atoms with Crippen LogP contribution in [0.1, 0.15) is 65.7 Å². The molecule has 0 aliphatic heterocycles. The topological polar surface area (TPSA) is 99.4 Å². The minimum Gasteiger partial charge on any atom is -0.396 e. The van der Waals surface area contributed by atoms with E-state index in [9.17, 15) is 33.6 Å². The summed E-state index contributed by atoms with van der Waals surface area (Å²) in [6.45, 7) is 4.50. The van der Waals surface area contributed by atoms with E-state index in [1.54, 1.807) is 0 Å². The van der Waals surface area contributed by atoms with Crippen LogP contribution in [-0.2, 0) is 9.47 Å². The molecule has 0 aromatic carbocycles. The predicted octanol–water partition coefficient (Wildman–Crippen LogP) is 3.30. The molecular formula is C22H43F3O6. The third kappa shape index (κ3) is 11.8. The van der Waals surface area contributed by atoms with Gasteiger partial charge in [-0.25, -0.2) is 0 Å². The second-order valence-electron chi connectivity index (χ2n) is 9.34. The third-order valence-electron chi connectivity index (χ3n) is 6.01. The first-order valence-electron chi connectivity index (χ1n) is 11.1. The summed E-state index contributed by atoms with van der Waals surface area (Å²) in [5, 5.41) is 38.5. The van der Waals surface area contributed by atoms with Crippen molar-refractivity contribution in [1.82, 2.24) is 0 Å². The van der Waals surface area contributed by atoms with Gasteiger partial charge in [0.05, 0.1) is 46.1 Å². The second kappa shape index (κ2) is 14.6. The fourth-order valence-electron chi connectivity index (χ4n) is 3.82. The molecule has 188 valence electrons. The van der Waals surface area contributed by atoms with Gasteiger partial charge in [-0.2, -0.15) is 13.2 Å². The first kappa shape index (κ1) is 30.6. The summed E-state index contributed by atoms with van der Waals surface area (Å²) >= 11 is 0. The molecule has 0 aliphatic rings. The van der Waals surface area contributed by atoms with E-state index in [0.717, 1.165) is 19.3 Å². The van der Waals surface area contributed by atoms with Gasteiger partial charge in [-0.3, -0.25) is 0 Å². The van der Waals surface area contributed by atoms with E-state index in [1.807, 2.05) is 20.8 Å². The Morgan fingerprint density at radius 2 is 1.13 bits per heavy atom. The van der Waals surface area contributed by atoms with Crippen LogP contribution in [0.15, 0.2) is 0 Å². The van der Waals surface area contributed by atoms with Crippen LogP contribution in [0.4, 0.5) is 13.2 Å². The van der Waals surface area contributed by atoms with E-state index >= 15 is 0 Å². The van der Waals surface area contributed by atoms with E-state index in [4.69, 9.17) is 9.47 Å². The monoisotopic (exact) mass is 460 g/mol.